The summed E-state index contributed by atoms with van der Waals surface area (Å²) < 4.78 is 39.7. The number of carbonyl (C=O) groups is 1. The number of nitro benzene ring substituents is 1. The first-order valence-corrected chi connectivity index (χ1v) is 7.73. The third-order valence-electron chi connectivity index (χ3n) is 2.82. The van der Waals surface area contributed by atoms with Crippen molar-refractivity contribution in [2.24, 2.45) is 0 Å². The Morgan fingerprint density at radius 2 is 2.00 bits per heavy atom. The first kappa shape index (κ1) is 18.3. The molecule has 0 fully saturated rings. The van der Waals surface area contributed by atoms with Gasteiger partial charge in [0, 0.05) is 13.1 Å². The summed E-state index contributed by atoms with van der Waals surface area (Å²) in [6, 6.07) is 1.10. The molecule has 1 aromatic rings. The predicted octanol–water partition coefficient (Wildman–Crippen LogP) is 1.70. The maximum absolute atomic E-state index is 13.3. The van der Waals surface area contributed by atoms with Crippen molar-refractivity contribution in [3.05, 3.63) is 38.7 Å². The number of hydrogen-bond donors (Lipinski definition) is 1. The molecule has 0 aliphatic carbocycles. The number of rotatable bonds is 5. The second-order valence-electron chi connectivity index (χ2n) is 4.56. The van der Waals surface area contributed by atoms with E-state index in [0.29, 0.717) is 6.07 Å². The molecule has 0 heterocycles. The average molecular weight is 354 g/mol. The lowest BCUT2D eigenvalue weighted by Gasteiger charge is -2.21. The summed E-state index contributed by atoms with van der Waals surface area (Å²) in [7, 11) is -2.91. The Bertz CT molecular complexity index is 723. The molecule has 0 aromatic heterocycles. The molecule has 0 aliphatic heterocycles. The number of nitrogens with one attached hydrogen (secondary N) is 1. The van der Waals surface area contributed by atoms with Gasteiger partial charge in [0.2, 0.25) is 5.82 Å². The Balaban J connectivity index is 3.21. The lowest BCUT2D eigenvalue weighted by atomic mass is 10.2. The molecule has 22 heavy (non-hydrogen) atoms. The van der Waals surface area contributed by atoms with Gasteiger partial charge >= 0.3 is 15.9 Å². The van der Waals surface area contributed by atoms with Gasteiger partial charge in [-0.1, -0.05) is 11.6 Å². The quantitative estimate of drug-likeness (QED) is 0.640. The van der Waals surface area contributed by atoms with Crippen LogP contribution in [0, 0.1) is 15.9 Å². The third-order valence-corrected chi connectivity index (χ3v) is 4.83. The topological polar surface area (TPSA) is 110 Å². The molecule has 0 unspecified atom stereocenters. The fourth-order valence-corrected chi connectivity index (χ4v) is 2.76. The number of hydrogen-bond acceptors (Lipinski definition) is 5. The maximum atomic E-state index is 13.3. The average Bonchev–Trinajstić information content (AvgIpc) is 2.36. The molecule has 0 saturated heterocycles. The van der Waals surface area contributed by atoms with Crippen LogP contribution in [0.2, 0.25) is 5.02 Å². The van der Waals surface area contributed by atoms with Crippen LogP contribution < -0.4 is 4.72 Å². The van der Waals surface area contributed by atoms with Crippen molar-refractivity contribution in [3.63, 3.8) is 0 Å². The van der Waals surface area contributed by atoms with Crippen LogP contribution in [0.3, 0.4) is 0 Å². The lowest BCUT2D eigenvalue weighted by Crippen LogP contribution is -2.44. The highest BCUT2D eigenvalue weighted by molar-refractivity contribution is 7.87. The molecule has 0 saturated carbocycles. The molecule has 0 spiro atoms. The zero-order valence-corrected chi connectivity index (χ0v) is 13.4. The van der Waals surface area contributed by atoms with Crippen LogP contribution in [0.4, 0.5) is 10.1 Å². The first-order valence-electron chi connectivity index (χ1n) is 5.91. The van der Waals surface area contributed by atoms with Crippen molar-refractivity contribution in [1.82, 2.24) is 9.03 Å². The Morgan fingerprint density at radius 1 is 1.45 bits per heavy atom. The van der Waals surface area contributed by atoms with E-state index in [4.69, 9.17) is 11.6 Å². The number of amides is 1. The summed E-state index contributed by atoms with van der Waals surface area (Å²) in [5.41, 5.74) is -1.61. The van der Waals surface area contributed by atoms with E-state index in [1.165, 1.54) is 7.05 Å². The number of halogens is 2. The zero-order chi connectivity index (χ0) is 17.2. The third kappa shape index (κ3) is 3.70. The fourth-order valence-electron chi connectivity index (χ4n) is 1.41. The van der Waals surface area contributed by atoms with Crippen molar-refractivity contribution < 1.29 is 22.5 Å². The second kappa shape index (κ2) is 6.55. The minimum atomic E-state index is -4.16. The van der Waals surface area contributed by atoms with Crippen LogP contribution in [0.1, 0.15) is 24.2 Å². The highest BCUT2D eigenvalue weighted by Crippen LogP contribution is 2.30. The van der Waals surface area contributed by atoms with E-state index in [1.807, 2.05) is 0 Å². The fraction of sp³-hybridized carbons (Fsp3) is 0.364. The van der Waals surface area contributed by atoms with E-state index in [0.717, 1.165) is 10.4 Å². The largest absolute Gasteiger partial charge is 0.324 e. The SMILES string of the molecule is CC(C)N(C)S(=O)(=O)NC(=O)c1ccc(F)c([N+](=O)[O-])c1Cl. The molecule has 11 heteroatoms. The van der Waals surface area contributed by atoms with Gasteiger partial charge in [-0.2, -0.15) is 17.1 Å². The van der Waals surface area contributed by atoms with Gasteiger partial charge < -0.3 is 0 Å². The van der Waals surface area contributed by atoms with E-state index in [9.17, 15) is 27.7 Å². The monoisotopic (exact) mass is 353 g/mol. The van der Waals surface area contributed by atoms with E-state index >= 15 is 0 Å². The number of nitro groups is 1. The molecule has 0 radical (unpaired) electrons. The van der Waals surface area contributed by atoms with Gasteiger partial charge in [-0.3, -0.25) is 14.9 Å². The Kier molecular flexibility index (Phi) is 5.44. The molecule has 8 nitrogen and oxygen atoms in total. The summed E-state index contributed by atoms with van der Waals surface area (Å²) in [6.07, 6.45) is 0. The van der Waals surface area contributed by atoms with Crippen LogP contribution >= 0.6 is 11.6 Å². The van der Waals surface area contributed by atoms with Gasteiger partial charge in [-0.25, -0.2) is 4.72 Å². The molecule has 0 aliphatic rings. The standard InChI is InChI=1S/C11H13ClFN3O5S/c1-6(2)15(3)22(20,21)14-11(17)7-4-5-8(13)10(9(7)12)16(18)19/h4-6H,1-3H3,(H,14,17). The van der Waals surface area contributed by atoms with E-state index in [-0.39, 0.29) is 0 Å². The van der Waals surface area contributed by atoms with Gasteiger partial charge in [0.1, 0.15) is 5.02 Å². The first-order chi connectivity index (χ1) is 9.99. The zero-order valence-electron chi connectivity index (χ0n) is 11.8. The summed E-state index contributed by atoms with van der Waals surface area (Å²) in [6.45, 7) is 3.17. The van der Waals surface area contributed by atoms with Gasteiger partial charge in [-0.15, -0.1) is 0 Å². The minimum absolute atomic E-state index is 0.427. The Morgan fingerprint density at radius 3 is 2.45 bits per heavy atom. The van der Waals surface area contributed by atoms with E-state index in [1.54, 1.807) is 18.6 Å². The van der Waals surface area contributed by atoms with Crippen molar-refractivity contribution >= 4 is 33.4 Å². The van der Waals surface area contributed by atoms with Gasteiger partial charge in [0.25, 0.3) is 5.91 Å². The van der Waals surface area contributed by atoms with Crippen LogP contribution in [0.25, 0.3) is 0 Å². The van der Waals surface area contributed by atoms with Crippen LogP contribution in [0.15, 0.2) is 12.1 Å². The van der Waals surface area contributed by atoms with E-state index in [2.05, 4.69) is 0 Å². The summed E-state index contributed by atoms with van der Waals surface area (Å²) in [5, 5.41) is 9.95. The van der Waals surface area contributed by atoms with Gasteiger partial charge in [-0.05, 0) is 26.0 Å². The molecule has 122 valence electrons. The smallest absolute Gasteiger partial charge is 0.268 e. The van der Waals surface area contributed by atoms with Crippen molar-refractivity contribution in [3.8, 4) is 0 Å². The molecular weight excluding hydrogens is 341 g/mol. The number of carbonyl (C=O) groups excluding carboxylic acids is 1. The molecule has 1 rings (SSSR count). The molecule has 1 amide bonds. The molecule has 1 N–H and O–H groups in total. The van der Waals surface area contributed by atoms with Gasteiger partial charge in [0.15, 0.2) is 0 Å². The molecular formula is C11H13ClFN3O5S. The van der Waals surface area contributed by atoms with Crippen molar-refractivity contribution in [1.29, 1.82) is 0 Å². The van der Waals surface area contributed by atoms with Crippen LogP contribution in [-0.2, 0) is 10.2 Å². The highest BCUT2D eigenvalue weighted by Gasteiger charge is 2.29. The summed E-state index contributed by atoms with van der Waals surface area (Å²) in [4.78, 5) is 21.6. The van der Waals surface area contributed by atoms with Gasteiger partial charge in [0.05, 0.1) is 10.5 Å². The van der Waals surface area contributed by atoms with Crippen LogP contribution in [0.5, 0.6) is 0 Å². The lowest BCUT2D eigenvalue weighted by molar-refractivity contribution is -0.387. The van der Waals surface area contributed by atoms with Crippen molar-refractivity contribution in [2.75, 3.05) is 7.05 Å². The van der Waals surface area contributed by atoms with E-state index < -0.39 is 49.2 Å². The molecule has 0 bridgehead atoms. The second-order valence-corrected chi connectivity index (χ2v) is 6.67. The van der Waals surface area contributed by atoms with Crippen molar-refractivity contribution in [2.45, 2.75) is 19.9 Å². The Labute approximate surface area is 131 Å². The number of nitrogens with zero attached hydrogens (tertiary/aromatic N) is 2. The summed E-state index contributed by atoms with van der Waals surface area (Å²) >= 11 is 5.62. The van der Waals surface area contributed by atoms with Crippen LogP contribution in [-0.4, -0.2) is 36.6 Å². The Hall–Kier alpha value is -1.78. The normalized spacial score (nSPS) is 11.8. The predicted molar refractivity (Wildman–Crippen MR) is 77.3 cm³/mol. The molecule has 1 aromatic carbocycles. The summed E-state index contributed by atoms with van der Waals surface area (Å²) in [5.74, 6) is -2.42. The highest BCUT2D eigenvalue weighted by atomic mass is 35.5. The molecule has 0 atom stereocenters. The minimum Gasteiger partial charge on any atom is -0.268 e. The number of benzene rings is 1. The maximum Gasteiger partial charge on any atom is 0.324 e.